The lowest BCUT2D eigenvalue weighted by Gasteiger charge is -2.20. The normalized spacial score (nSPS) is 16.5. The topological polar surface area (TPSA) is 21.3 Å². The van der Waals surface area contributed by atoms with Gasteiger partial charge in [0, 0.05) is 15.9 Å². The first kappa shape index (κ1) is 12.9. The highest BCUT2D eigenvalue weighted by Crippen LogP contribution is 2.32. The van der Waals surface area contributed by atoms with Crippen LogP contribution in [0.25, 0.3) is 0 Å². The van der Waals surface area contributed by atoms with Gasteiger partial charge in [0.1, 0.15) is 5.76 Å². The van der Waals surface area contributed by atoms with Crippen molar-refractivity contribution >= 4 is 27.5 Å². The number of hydrogen-bond acceptors (Lipinski definition) is 2. The zero-order chi connectivity index (χ0) is 12.3. The molecule has 0 fully saturated rings. The standard InChI is InChI=1S/C13H15BrClNO/c1-2-16-13(12-4-3-7-17-12)10-6-5-9(15)8-11(10)14/h4-6,8,13,16H,2-3,7H2,1H3. The Morgan fingerprint density at radius 2 is 2.35 bits per heavy atom. The molecule has 2 rings (SSSR count). The van der Waals surface area contributed by atoms with E-state index in [1.54, 1.807) is 0 Å². The number of hydrogen-bond donors (Lipinski definition) is 1. The minimum Gasteiger partial charge on any atom is -0.496 e. The Hall–Kier alpha value is -0.510. The smallest absolute Gasteiger partial charge is 0.114 e. The van der Waals surface area contributed by atoms with Crippen molar-refractivity contribution in [3.63, 3.8) is 0 Å². The van der Waals surface area contributed by atoms with E-state index in [-0.39, 0.29) is 6.04 Å². The lowest BCUT2D eigenvalue weighted by Crippen LogP contribution is -2.23. The average molecular weight is 317 g/mol. The number of rotatable bonds is 4. The summed E-state index contributed by atoms with van der Waals surface area (Å²) in [5.41, 5.74) is 1.16. The fourth-order valence-electron chi connectivity index (χ4n) is 1.94. The van der Waals surface area contributed by atoms with Gasteiger partial charge in [-0.15, -0.1) is 0 Å². The van der Waals surface area contributed by atoms with Crippen molar-refractivity contribution in [2.24, 2.45) is 0 Å². The molecule has 0 radical (unpaired) electrons. The van der Waals surface area contributed by atoms with E-state index in [1.165, 1.54) is 0 Å². The van der Waals surface area contributed by atoms with Gasteiger partial charge in [-0.25, -0.2) is 0 Å². The highest BCUT2D eigenvalue weighted by atomic mass is 79.9. The molecule has 0 aromatic heterocycles. The molecule has 0 aliphatic carbocycles. The van der Waals surface area contributed by atoms with Gasteiger partial charge in [-0.1, -0.05) is 40.5 Å². The fourth-order valence-corrected chi connectivity index (χ4v) is 2.85. The summed E-state index contributed by atoms with van der Waals surface area (Å²) in [7, 11) is 0. The van der Waals surface area contributed by atoms with Gasteiger partial charge in [-0.3, -0.25) is 0 Å². The van der Waals surface area contributed by atoms with Gasteiger partial charge in [0.2, 0.25) is 0 Å². The molecular weight excluding hydrogens is 302 g/mol. The zero-order valence-electron chi connectivity index (χ0n) is 9.67. The van der Waals surface area contributed by atoms with Gasteiger partial charge >= 0.3 is 0 Å². The van der Waals surface area contributed by atoms with Gasteiger partial charge in [-0.2, -0.15) is 0 Å². The SMILES string of the molecule is CCNC(C1=CCCO1)c1ccc(Cl)cc1Br. The molecule has 1 unspecified atom stereocenters. The highest BCUT2D eigenvalue weighted by Gasteiger charge is 2.21. The first-order valence-corrected chi connectivity index (χ1v) is 6.90. The van der Waals surface area contributed by atoms with E-state index in [4.69, 9.17) is 16.3 Å². The molecule has 1 atom stereocenters. The van der Waals surface area contributed by atoms with Crippen molar-refractivity contribution in [3.05, 3.63) is 45.1 Å². The molecule has 1 N–H and O–H groups in total. The molecule has 0 bridgehead atoms. The summed E-state index contributed by atoms with van der Waals surface area (Å²) in [5.74, 6) is 1.01. The molecule has 1 aliphatic heterocycles. The third-order valence-electron chi connectivity index (χ3n) is 2.70. The predicted molar refractivity (Wildman–Crippen MR) is 74.2 cm³/mol. The first-order valence-electron chi connectivity index (χ1n) is 5.73. The first-order chi connectivity index (χ1) is 8.22. The van der Waals surface area contributed by atoms with Gasteiger partial charge in [0.15, 0.2) is 0 Å². The minimum absolute atomic E-state index is 0.106. The van der Waals surface area contributed by atoms with E-state index in [2.05, 4.69) is 34.2 Å². The largest absolute Gasteiger partial charge is 0.496 e. The van der Waals surface area contributed by atoms with E-state index in [0.29, 0.717) is 0 Å². The monoisotopic (exact) mass is 315 g/mol. The van der Waals surface area contributed by atoms with Crippen LogP contribution < -0.4 is 5.32 Å². The Balaban J connectivity index is 2.31. The second kappa shape index (κ2) is 5.89. The summed E-state index contributed by atoms with van der Waals surface area (Å²) >= 11 is 9.52. The molecule has 4 heteroatoms. The lowest BCUT2D eigenvalue weighted by molar-refractivity contribution is 0.216. The molecule has 0 saturated heterocycles. The second-order valence-corrected chi connectivity index (χ2v) is 5.19. The quantitative estimate of drug-likeness (QED) is 0.904. The number of nitrogens with one attached hydrogen (secondary N) is 1. The Labute approximate surface area is 115 Å². The van der Waals surface area contributed by atoms with Crippen LogP contribution in [-0.4, -0.2) is 13.2 Å². The summed E-state index contributed by atoms with van der Waals surface area (Å²) in [6.45, 7) is 3.76. The molecule has 1 heterocycles. The van der Waals surface area contributed by atoms with Crippen LogP contribution in [0.15, 0.2) is 34.5 Å². The number of halogens is 2. The Morgan fingerprint density at radius 3 is 2.94 bits per heavy atom. The van der Waals surface area contributed by atoms with E-state index in [9.17, 15) is 0 Å². The molecule has 2 nitrogen and oxygen atoms in total. The van der Waals surface area contributed by atoms with Gasteiger partial charge in [0.25, 0.3) is 0 Å². The Morgan fingerprint density at radius 1 is 1.53 bits per heavy atom. The van der Waals surface area contributed by atoms with Gasteiger partial charge in [0.05, 0.1) is 12.6 Å². The molecular formula is C13H15BrClNO. The molecule has 92 valence electrons. The van der Waals surface area contributed by atoms with Gasteiger partial charge < -0.3 is 10.1 Å². The molecule has 17 heavy (non-hydrogen) atoms. The summed E-state index contributed by atoms with van der Waals surface area (Å²) in [4.78, 5) is 0. The van der Waals surface area contributed by atoms with Crippen LogP contribution in [0.4, 0.5) is 0 Å². The fraction of sp³-hybridized carbons (Fsp3) is 0.385. The maximum Gasteiger partial charge on any atom is 0.114 e. The van der Waals surface area contributed by atoms with E-state index in [1.807, 2.05) is 18.2 Å². The third kappa shape index (κ3) is 3.03. The van der Waals surface area contributed by atoms with Crippen LogP contribution in [0, 0.1) is 0 Å². The predicted octanol–water partition coefficient (Wildman–Crippen LogP) is 4.06. The van der Waals surface area contributed by atoms with Crippen molar-refractivity contribution in [1.82, 2.24) is 5.32 Å². The van der Waals surface area contributed by atoms with Crippen molar-refractivity contribution in [2.75, 3.05) is 13.2 Å². The van der Waals surface area contributed by atoms with Crippen LogP contribution in [0.1, 0.15) is 24.9 Å². The van der Waals surface area contributed by atoms with Crippen molar-refractivity contribution in [3.8, 4) is 0 Å². The third-order valence-corrected chi connectivity index (χ3v) is 3.62. The Bertz CT molecular complexity index is 433. The van der Waals surface area contributed by atoms with Crippen LogP contribution in [0.5, 0.6) is 0 Å². The molecule has 0 amide bonds. The maximum atomic E-state index is 5.96. The van der Waals surface area contributed by atoms with Crippen molar-refractivity contribution < 1.29 is 4.74 Å². The van der Waals surface area contributed by atoms with E-state index < -0.39 is 0 Å². The number of ether oxygens (including phenoxy) is 1. The summed E-state index contributed by atoms with van der Waals surface area (Å²) in [5, 5.41) is 4.17. The molecule has 1 aromatic rings. The van der Waals surface area contributed by atoms with Gasteiger partial charge in [-0.05, 0) is 30.3 Å². The molecule has 0 saturated carbocycles. The summed E-state index contributed by atoms with van der Waals surface area (Å²) in [6, 6.07) is 5.95. The molecule has 0 spiro atoms. The summed E-state index contributed by atoms with van der Waals surface area (Å²) < 4.78 is 6.66. The van der Waals surface area contributed by atoms with Crippen LogP contribution in [-0.2, 0) is 4.74 Å². The molecule has 1 aliphatic rings. The van der Waals surface area contributed by atoms with E-state index >= 15 is 0 Å². The lowest BCUT2D eigenvalue weighted by atomic mass is 10.0. The summed E-state index contributed by atoms with van der Waals surface area (Å²) in [6.07, 6.45) is 3.14. The zero-order valence-corrected chi connectivity index (χ0v) is 12.0. The second-order valence-electron chi connectivity index (χ2n) is 3.90. The maximum absolute atomic E-state index is 5.96. The number of benzene rings is 1. The van der Waals surface area contributed by atoms with Crippen molar-refractivity contribution in [1.29, 1.82) is 0 Å². The minimum atomic E-state index is 0.106. The van der Waals surface area contributed by atoms with E-state index in [0.717, 1.165) is 40.4 Å². The van der Waals surface area contributed by atoms with Crippen LogP contribution in [0.3, 0.4) is 0 Å². The van der Waals surface area contributed by atoms with Crippen molar-refractivity contribution in [2.45, 2.75) is 19.4 Å². The van der Waals surface area contributed by atoms with Crippen LogP contribution in [0.2, 0.25) is 5.02 Å². The average Bonchev–Trinajstić information content (AvgIpc) is 2.80. The number of likely N-dealkylation sites (N-methyl/N-ethyl adjacent to an activating group) is 1. The molecule has 1 aromatic carbocycles. The van der Waals surface area contributed by atoms with Crippen LogP contribution >= 0.6 is 27.5 Å². The Kier molecular flexibility index (Phi) is 4.48. The highest BCUT2D eigenvalue weighted by molar-refractivity contribution is 9.10.